The van der Waals surface area contributed by atoms with Gasteiger partial charge in [-0.05, 0) is 18.2 Å². The average Bonchev–Trinajstić information content (AvgIpc) is 2.47. The largest absolute Gasteiger partial charge is 0.487 e. The minimum Gasteiger partial charge on any atom is -0.487 e. The molecular formula is C15H10Cl2FNO2. The van der Waals surface area contributed by atoms with Crippen molar-refractivity contribution in [1.29, 1.82) is 5.26 Å². The molecule has 2 aromatic carbocycles. The summed E-state index contributed by atoms with van der Waals surface area (Å²) in [5, 5.41) is 18.7. The number of halogens is 3. The molecule has 0 saturated carbocycles. The van der Waals surface area contributed by atoms with E-state index >= 15 is 0 Å². The van der Waals surface area contributed by atoms with Crippen LogP contribution in [0.2, 0.25) is 10.0 Å². The topological polar surface area (TPSA) is 53.2 Å². The van der Waals surface area contributed by atoms with Crippen LogP contribution in [0.3, 0.4) is 0 Å². The maximum atomic E-state index is 13.9. The first-order valence-corrected chi connectivity index (χ1v) is 6.71. The number of benzene rings is 2. The SMILES string of the molecule is N#Cc1cccc(COc2c(Cl)cc(Cl)cc2CO)c1F. The van der Waals surface area contributed by atoms with Crippen LogP contribution in [0.1, 0.15) is 16.7 Å². The predicted octanol–water partition coefficient (Wildman–Crippen LogP) is 4.08. The highest BCUT2D eigenvalue weighted by molar-refractivity contribution is 6.35. The molecule has 0 radical (unpaired) electrons. The van der Waals surface area contributed by atoms with Crippen molar-refractivity contribution in [3.63, 3.8) is 0 Å². The number of ether oxygens (including phenoxy) is 1. The molecule has 0 spiro atoms. The van der Waals surface area contributed by atoms with Gasteiger partial charge in [0.2, 0.25) is 0 Å². The maximum Gasteiger partial charge on any atom is 0.147 e. The molecule has 0 aromatic heterocycles. The minimum atomic E-state index is -0.629. The molecule has 0 aliphatic heterocycles. The Morgan fingerprint density at radius 3 is 2.67 bits per heavy atom. The Bertz CT molecular complexity index is 714. The minimum absolute atomic E-state index is 0.0549. The van der Waals surface area contributed by atoms with Crippen LogP contribution in [0.4, 0.5) is 4.39 Å². The summed E-state index contributed by atoms with van der Waals surface area (Å²) in [7, 11) is 0. The average molecular weight is 326 g/mol. The number of hydrogen-bond acceptors (Lipinski definition) is 3. The molecular weight excluding hydrogens is 316 g/mol. The highest BCUT2D eigenvalue weighted by Crippen LogP contribution is 2.33. The Labute approximate surface area is 131 Å². The molecule has 2 rings (SSSR count). The van der Waals surface area contributed by atoms with Crippen molar-refractivity contribution in [2.75, 3.05) is 0 Å². The molecule has 21 heavy (non-hydrogen) atoms. The summed E-state index contributed by atoms with van der Waals surface area (Å²) >= 11 is 11.8. The lowest BCUT2D eigenvalue weighted by Crippen LogP contribution is -2.03. The van der Waals surface area contributed by atoms with Crippen molar-refractivity contribution < 1.29 is 14.2 Å². The molecule has 6 heteroatoms. The first-order valence-electron chi connectivity index (χ1n) is 5.96. The Morgan fingerprint density at radius 1 is 1.24 bits per heavy atom. The van der Waals surface area contributed by atoms with Crippen molar-refractivity contribution in [2.24, 2.45) is 0 Å². The fourth-order valence-corrected chi connectivity index (χ4v) is 2.41. The van der Waals surface area contributed by atoms with E-state index in [9.17, 15) is 9.50 Å². The zero-order valence-corrected chi connectivity index (χ0v) is 12.2. The second-order valence-electron chi connectivity index (χ2n) is 4.21. The molecule has 0 aliphatic carbocycles. The summed E-state index contributed by atoms with van der Waals surface area (Å²) < 4.78 is 19.4. The van der Waals surface area contributed by atoms with Gasteiger partial charge in [0.1, 0.15) is 24.2 Å². The van der Waals surface area contributed by atoms with Gasteiger partial charge < -0.3 is 9.84 Å². The van der Waals surface area contributed by atoms with E-state index < -0.39 is 5.82 Å². The van der Waals surface area contributed by atoms with E-state index in [1.165, 1.54) is 24.3 Å². The normalized spacial score (nSPS) is 10.2. The lowest BCUT2D eigenvalue weighted by molar-refractivity contribution is 0.257. The number of aliphatic hydroxyl groups excluding tert-OH is 1. The van der Waals surface area contributed by atoms with Crippen LogP contribution < -0.4 is 4.74 Å². The summed E-state index contributed by atoms with van der Waals surface area (Å²) in [5.74, 6) is -0.388. The zero-order valence-electron chi connectivity index (χ0n) is 10.7. The monoisotopic (exact) mass is 325 g/mol. The first-order chi connectivity index (χ1) is 10.1. The highest BCUT2D eigenvalue weighted by Gasteiger charge is 2.13. The lowest BCUT2D eigenvalue weighted by atomic mass is 10.1. The van der Waals surface area contributed by atoms with Gasteiger partial charge in [0, 0.05) is 16.1 Å². The van der Waals surface area contributed by atoms with Crippen molar-refractivity contribution in [3.8, 4) is 11.8 Å². The van der Waals surface area contributed by atoms with E-state index in [-0.39, 0.29) is 35.1 Å². The molecule has 2 aromatic rings. The molecule has 0 fully saturated rings. The molecule has 0 unspecified atom stereocenters. The van der Waals surface area contributed by atoms with E-state index in [2.05, 4.69) is 0 Å². The van der Waals surface area contributed by atoms with Crippen LogP contribution in [0, 0.1) is 17.1 Å². The summed E-state index contributed by atoms with van der Waals surface area (Å²) in [6, 6.07) is 9.21. The summed E-state index contributed by atoms with van der Waals surface area (Å²) in [6.07, 6.45) is 0. The summed E-state index contributed by atoms with van der Waals surface area (Å²) in [5.41, 5.74) is 0.578. The van der Waals surface area contributed by atoms with Gasteiger partial charge in [-0.15, -0.1) is 0 Å². The van der Waals surface area contributed by atoms with Gasteiger partial charge >= 0.3 is 0 Å². The zero-order chi connectivity index (χ0) is 15.4. The molecule has 108 valence electrons. The van der Waals surface area contributed by atoms with E-state index in [1.807, 2.05) is 0 Å². The van der Waals surface area contributed by atoms with Crippen LogP contribution in [0.25, 0.3) is 0 Å². The molecule has 0 bridgehead atoms. The van der Waals surface area contributed by atoms with Crippen molar-refractivity contribution in [2.45, 2.75) is 13.2 Å². The van der Waals surface area contributed by atoms with E-state index in [1.54, 1.807) is 12.1 Å². The number of nitriles is 1. The van der Waals surface area contributed by atoms with Crippen LogP contribution in [-0.4, -0.2) is 5.11 Å². The quantitative estimate of drug-likeness (QED) is 0.921. The number of aliphatic hydroxyl groups is 1. The fourth-order valence-electron chi connectivity index (χ4n) is 1.82. The lowest BCUT2D eigenvalue weighted by Gasteiger charge is -2.13. The van der Waals surface area contributed by atoms with E-state index in [0.29, 0.717) is 10.6 Å². The third-order valence-corrected chi connectivity index (χ3v) is 3.33. The second-order valence-corrected chi connectivity index (χ2v) is 5.06. The summed E-state index contributed by atoms with van der Waals surface area (Å²) in [4.78, 5) is 0. The third-order valence-electron chi connectivity index (χ3n) is 2.83. The van der Waals surface area contributed by atoms with Crippen molar-refractivity contribution in [3.05, 3.63) is 62.9 Å². The van der Waals surface area contributed by atoms with E-state index in [0.717, 1.165) is 0 Å². The van der Waals surface area contributed by atoms with Gasteiger partial charge in [0.25, 0.3) is 0 Å². The third kappa shape index (κ3) is 3.45. The number of hydrogen-bond donors (Lipinski definition) is 1. The molecule has 3 nitrogen and oxygen atoms in total. The van der Waals surface area contributed by atoms with Crippen LogP contribution >= 0.6 is 23.2 Å². The Balaban J connectivity index is 2.27. The number of nitrogens with zero attached hydrogens (tertiary/aromatic N) is 1. The van der Waals surface area contributed by atoms with Gasteiger partial charge in [-0.25, -0.2) is 4.39 Å². The Hall–Kier alpha value is -1.80. The Morgan fingerprint density at radius 2 is 2.00 bits per heavy atom. The second kappa shape index (κ2) is 6.77. The van der Waals surface area contributed by atoms with Gasteiger partial charge in [0.05, 0.1) is 17.2 Å². The smallest absolute Gasteiger partial charge is 0.147 e. The van der Waals surface area contributed by atoms with E-state index in [4.69, 9.17) is 33.2 Å². The first kappa shape index (κ1) is 15.6. The Kier molecular flexibility index (Phi) is 5.03. The van der Waals surface area contributed by atoms with Gasteiger partial charge in [-0.2, -0.15) is 5.26 Å². The molecule has 1 N–H and O–H groups in total. The highest BCUT2D eigenvalue weighted by atomic mass is 35.5. The molecule has 0 aliphatic rings. The van der Waals surface area contributed by atoms with Crippen molar-refractivity contribution >= 4 is 23.2 Å². The van der Waals surface area contributed by atoms with Gasteiger partial charge in [-0.3, -0.25) is 0 Å². The fraction of sp³-hybridized carbons (Fsp3) is 0.133. The molecule has 0 saturated heterocycles. The van der Waals surface area contributed by atoms with Crippen LogP contribution in [-0.2, 0) is 13.2 Å². The molecule has 0 heterocycles. The summed E-state index contributed by atoms with van der Waals surface area (Å²) in [6.45, 7) is -0.425. The van der Waals surface area contributed by atoms with Crippen LogP contribution in [0.5, 0.6) is 5.75 Å². The van der Waals surface area contributed by atoms with Gasteiger partial charge in [0.15, 0.2) is 0 Å². The van der Waals surface area contributed by atoms with Gasteiger partial charge in [-0.1, -0.05) is 35.3 Å². The predicted molar refractivity (Wildman–Crippen MR) is 77.8 cm³/mol. The molecule has 0 amide bonds. The van der Waals surface area contributed by atoms with Crippen LogP contribution in [0.15, 0.2) is 30.3 Å². The maximum absolute atomic E-state index is 13.9. The number of rotatable bonds is 4. The molecule has 0 atom stereocenters. The standard InChI is InChI=1S/C15H10Cl2FNO2/c16-12-4-11(7-20)15(13(17)5-12)21-8-10-3-1-2-9(6-19)14(10)18/h1-5,20H,7-8H2. The van der Waals surface area contributed by atoms with Crippen molar-refractivity contribution in [1.82, 2.24) is 0 Å².